The standard InChI is InChI=1S/C21H30N6O2.C20H26N6O2.C19H26N6O3/c1-6-17(28)27-8-7-14(9-13(27)2)25-16-11-23-19-18(26-16)15(10-22-19)20(29)24-12-21(3,4)5;1-2-17(27)26-9-7-25(8-10-26)16-13-22-19-18(24-16)15(12-21-19)20(28)23-11-14-5-3-4-6-14;1-5-15(26)25-8-7-24(12-19(25,2)3)14-11-22-17-16(23-14)13(10-21-17)18(27)20-6-9-28-4/h6,10-11,13-14H,1,7-9,12H2,2-5H3,(H,22,23)(H,24,29)(H,25,26);2,12-14H,1,3-11H2,(H,21,22)(H,23,28);5,10-11H,1,6-9,12H2,2-4H3,(H,20,27)(H,21,22). The normalized spacial score (nSPS) is 18.0. The molecule has 3 saturated heterocycles. The average Bonchev–Trinajstić information content (AvgIpc) is 4.49. The fourth-order valence-corrected chi connectivity index (χ4v) is 11.0. The van der Waals surface area contributed by atoms with E-state index in [1.165, 1.54) is 43.9 Å². The number of likely N-dealkylation sites (tertiary alicyclic amines) is 1. The molecule has 25 nitrogen and oxygen atoms in total. The number of nitrogens with one attached hydrogen (secondary N) is 7. The van der Waals surface area contributed by atoms with E-state index in [2.05, 4.69) is 111 Å². The molecule has 9 heterocycles. The van der Waals surface area contributed by atoms with Gasteiger partial charge in [-0.2, -0.15) is 0 Å². The van der Waals surface area contributed by atoms with Crippen molar-refractivity contribution < 1.29 is 33.5 Å². The molecule has 1 saturated carbocycles. The van der Waals surface area contributed by atoms with Gasteiger partial charge in [0.1, 0.15) is 34.0 Å². The van der Waals surface area contributed by atoms with Crippen LogP contribution in [-0.4, -0.2) is 198 Å². The lowest BCUT2D eigenvalue weighted by Crippen LogP contribution is -2.61. The Morgan fingerprint density at radius 2 is 1.20 bits per heavy atom. The number of aromatic nitrogens is 9. The van der Waals surface area contributed by atoms with E-state index in [-0.39, 0.29) is 58.5 Å². The second kappa shape index (κ2) is 27.8. The molecule has 4 aliphatic rings. The number of carbonyl (C=O) groups excluding carboxylic acids is 6. The molecule has 1 aliphatic carbocycles. The Kier molecular flexibility index (Phi) is 20.4. The largest absolute Gasteiger partial charge is 0.383 e. The van der Waals surface area contributed by atoms with Crippen molar-refractivity contribution in [3.8, 4) is 0 Å². The van der Waals surface area contributed by atoms with Gasteiger partial charge < -0.3 is 65.5 Å². The van der Waals surface area contributed by atoms with Crippen LogP contribution in [0.4, 0.5) is 17.5 Å². The summed E-state index contributed by atoms with van der Waals surface area (Å²) in [6.45, 7) is 30.2. The van der Waals surface area contributed by atoms with E-state index in [9.17, 15) is 28.8 Å². The second-order valence-electron chi connectivity index (χ2n) is 23.7. The first-order chi connectivity index (χ1) is 40.7. The van der Waals surface area contributed by atoms with Gasteiger partial charge in [0.2, 0.25) is 17.7 Å². The van der Waals surface area contributed by atoms with E-state index < -0.39 is 0 Å². The van der Waals surface area contributed by atoms with Crippen molar-refractivity contribution in [2.24, 2.45) is 11.3 Å². The summed E-state index contributed by atoms with van der Waals surface area (Å²) in [6.07, 6.45) is 20.6. The molecular formula is C60H82N18O7. The second-order valence-corrected chi connectivity index (χ2v) is 23.7. The molecular weight excluding hydrogens is 1080 g/mol. The number of hydrogen-bond acceptors (Lipinski definition) is 16. The maximum absolute atomic E-state index is 12.6. The van der Waals surface area contributed by atoms with Crippen molar-refractivity contribution in [1.29, 1.82) is 0 Å². The fourth-order valence-electron chi connectivity index (χ4n) is 11.0. The quantitative estimate of drug-likeness (QED) is 0.0473. The van der Waals surface area contributed by atoms with Crippen LogP contribution in [-0.2, 0) is 19.1 Å². The Morgan fingerprint density at radius 1 is 0.671 bits per heavy atom. The lowest BCUT2D eigenvalue weighted by Gasteiger charge is -2.47. The topological polar surface area (TPSA) is 301 Å². The third-order valence-electron chi connectivity index (χ3n) is 15.7. The highest BCUT2D eigenvalue weighted by Gasteiger charge is 2.37. The minimum absolute atomic E-state index is 0.00128. The molecule has 4 fully saturated rings. The van der Waals surface area contributed by atoms with E-state index in [1.807, 2.05) is 30.6 Å². The van der Waals surface area contributed by atoms with Crippen LogP contribution in [0.1, 0.15) is 111 Å². The lowest BCUT2D eigenvalue weighted by molar-refractivity contribution is -0.132. The van der Waals surface area contributed by atoms with Gasteiger partial charge in [0.25, 0.3) is 17.7 Å². The Bertz CT molecular complexity index is 3380. The minimum Gasteiger partial charge on any atom is -0.383 e. The summed E-state index contributed by atoms with van der Waals surface area (Å²) in [6, 6.07) is 0.303. The third kappa shape index (κ3) is 15.5. The van der Waals surface area contributed by atoms with Gasteiger partial charge in [-0.1, -0.05) is 53.3 Å². The molecule has 2 atom stereocenters. The van der Waals surface area contributed by atoms with Gasteiger partial charge in [0, 0.05) is 110 Å². The SMILES string of the molecule is C=CC(=O)N1CCC(Nc2cnc3[nH]cc(C(=O)NCC(C)(C)C)c3n2)CC1C.C=CC(=O)N1CCN(c2cnc3[nH]cc(C(=O)NCC4CCCC4)c3n2)CC1.C=CC(=O)N1CCN(c2cnc3[nH]cc(C(=O)NCCOC)c3n2)CC1(C)C. The predicted molar refractivity (Wildman–Crippen MR) is 327 cm³/mol. The number of aromatic amines is 3. The van der Waals surface area contributed by atoms with Gasteiger partial charge in [-0.25, -0.2) is 29.9 Å². The molecule has 10 rings (SSSR count). The zero-order valence-corrected chi connectivity index (χ0v) is 50.1. The highest BCUT2D eigenvalue weighted by Crippen LogP contribution is 2.28. The van der Waals surface area contributed by atoms with Crippen molar-refractivity contribution in [2.75, 3.05) is 101 Å². The number of hydrogen-bond donors (Lipinski definition) is 7. The first kappa shape index (κ1) is 62.3. The Balaban J connectivity index is 0.000000166. The summed E-state index contributed by atoms with van der Waals surface area (Å²) in [5.74, 6) is 1.97. The molecule has 454 valence electrons. The van der Waals surface area contributed by atoms with Gasteiger partial charge in [-0.3, -0.25) is 28.8 Å². The van der Waals surface area contributed by atoms with E-state index in [1.54, 1.807) is 49.2 Å². The molecule has 6 aromatic heterocycles. The summed E-state index contributed by atoms with van der Waals surface area (Å²) in [4.78, 5) is 119. The number of fused-ring (bicyclic) bond motifs is 3. The van der Waals surface area contributed by atoms with E-state index in [4.69, 9.17) is 9.72 Å². The molecule has 0 bridgehead atoms. The molecule has 6 amide bonds. The average molecular weight is 1170 g/mol. The lowest BCUT2D eigenvalue weighted by atomic mass is 9.97. The summed E-state index contributed by atoms with van der Waals surface area (Å²) in [5.41, 5.74) is 4.49. The van der Waals surface area contributed by atoms with Crippen molar-refractivity contribution in [2.45, 2.75) is 97.7 Å². The first-order valence-electron chi connectivity index (χ1n) is 29.1. The predicted octanol–water partition coefficient (Wildman–Crippen LogP) is 5.37. The van der Waals surface area contributed by atoms with Crippen LogP contribution in [0.2, 0.25) is 0 Å². The molecule has 7 N–H and O–H groups in total. The Labute approximate surface area is 495 Å². The van der Waals surface area contributed by atoms with Crippen molar-refractivity contribution in [3.05, 3.63) is 91.8 Å². The summed E-state index contributed by atoms with van der Waals surface area (Å²) in [5, 5.41) is 12.2. The summed E-state index contributed by atoms with van der Waals surface area (Å²) >= 11 is 0. The van der Waals surface area contributed by atoms with E-state index in [0.717, 1.165) is 25.2 Å². The van der Waals surface area contributed by atoms with Gasteiger partial charge in [0.15, 0.2) is 16.9 Å². The molecule has 6 aromatic rings. The van der Waals surface area contributed by atoms with Crippen LogP contribution >= 0.6 is 0 Å². The smallest absolute Gasteiger partial charge is 0.255 e. The third-order valence-corrected chi connectivity index (χ3v) is 15.7. The van der Waals surface area contributed by atoms with Gasteiger partial charge in [-0.15, -0.1) is 0 Å². The molecule has 2 unspecified atom stereocenters. The van der Waals surface area contributed by atoms with Crippen molar-refractivity contribution in [1.82, 2.24) is 75.5 Å². The van der Waals surface area contributed by atoms with Crippen LogP contribution < -0.4 is 31.1 Å². The number of H-pyrrole nitrogens is 3. The Hall–Kier alpha value is -8.74. The minimum atomic E-state index is -0.376. The van der Waals surface area contributed by atoms with Gasteiger partial charge >= 0.3 is 0 Å². The zero-order chi connectivity index (χ0) is 61.0. The van der Waals surface area contributed by atoms with Crippen LogP contribution in [0, 0.1) is 11.3 Å². The highest BCUT2D eigenvalue weighted by atomic mass is 16.5. The fraction of sp³-hybridized carbons (Fsp3) is 0.500. The summed E-state index contributed by atoms with van der Waals surface area (Å²) < 4.78 is 4.96. The molecule has 85 heavy (non-hydrogen) atoms. The van der Waals surface area contributed by atoms with E-state index >= 15 is 0 Å². The first-order valence-corrected chi connectivity index (χ1v) is 29.1. The number of carbonyl (C=O) groups is 6. The number of methoxy groups -OCH3 is 1. The maximum atomic E-state index is 12.6. The monoisotopic (exact) mass is 1170 g/mol. The number of amides is 6. The van der Waals surface area contributed by atoms with Gasteiger partial charge in [-0.05, 0) is 76.0 Å². The molecule has 25 heteroatoms. The molecule has 0 aromatic carbocycles. The van der Waals surface area contributed by atoms with Crippen LogP contribution in [0.5, 0.6) is 0 Å². The number of rotatable bonds is 16. The van der Waals surface area contributed by atoms with Gasteiger partial charge in [0.05, 0.1) is 47.4 Å². The zero-order valence-electron chi connectivity index (χ0n) is 50.1. The molecule has 0 radical (unpaired) electrons. The van der Waals surface area contributed by atoms with Crippen LogP contribution in [0.3, 0.4) is 0 Å². The maximum Gasteiger partial charge on any atom is 0.255 e. The number of piperazine rings is 2. The number of nitrogens with zero attached hydrogens (tertiary/aromatic N) is 11. The molecule has 3 aliphatic heterocycles. The highest BCUT2D eigenvalue weighted by molar-refractivity contribution is 6.06. The number of ether oxygens (including phenoxy) is 1. The van der Waals surface area contributed by atoms with Crippen molar-refractivity contribution in [3.63, 3.8) is 0 Å². The van der Waals surface area contributed by atoms with Crippen molar-refractivity contribution >= 4 is 86.4 Å². The molecule has 0 spiro atoms. The van der Waals surface area contributed by atoms with Crippen LogP contribution in [0.25, 0.3) is 33.5 Å². The van der Waals surface area contributed by atoms with Crippen LogP contribution in [0.15, 0.2) is 75.1 Å². The Morgan fingerprint density at radius 3 is 1.74 bits per heavy atom. The summed E-state index contributed by atoms with van der Waals surface area (Å²) in [7, 11) is 1.58. The van der Waals surface area contributed by atoms with E-state index in [0.29, 0.717) is 140 Å². The number of piperidine rings is 1. The number of anilines is 3.